The molecule has 3 aliphatic rings. The zero-order valence-corrected chi connectivity index (χ0v) is 18.1. The first kappa shape index (κ1) is 25.8. The van der Waals surface area contributed by atoms with Crippen molar-refractivity contribution in [2.75, 3.05) is 26.2 Å². The van der Waals surface area contributed by atoms with Gasteiger partial charge in [-0.25, -0.2) is 0 Å². The Morgan fingerprint density at radius 1 is 1.18 bits per heavy atom. The maximum Gasteiger partial charge on any atom is 0.248 e. The number of carbonyl (C=O) groups excluding carboxylic acids is 5. The average Bonchev–Trinajstić information content (AvgIpc) is 2.76. The Labute approximate surface area is 189 Å². The predicted molar refractivity (Wildman–Crippen MR) is 112 cm³/mol. The van der Waals surface area contributed by atoms with E-state index in [1.54, 1.807) is 0 Å². The van der Waals surface area contributed by atoms with E-state index in [4.69, 9.17) is 11.1 Å². The third-order valence-electron chi connectivity index (χ3n) is 5.27. The third-order valence-corrected chi connectivity index (χ3v) is 5.27. The minimum atomic E-state index is -1.43. The molecule has 1 unspecified atom stereocenters. The Morgan fingerprint density at radius 2 is 1.88 bits per heavy atom. The second-order valence-electron chi connectivity index (χ2n) is 7.80. The van der Waals surface area contributed by atoms with Crippen molar-refractivity contribution in [1.29, 1.82) is 5.41 Å². The summed E-state index contributed by atoms with van der Waals surface area (Å²) in [5.74, 6) is -3.66. The van der Waals surface area contributed by atoms with Crippen LogP contribution in [0.5, 0.6) is 0 Å². The zero-order chi connectivity index (χ0) is 24.7. The second-order valence-corrected chi connectivity index (χ2v) is 7.80. The van der Waals surface area contributed by atoms with Gasteiger partial charge in [0.25, 0.3) is 0 Å². The van der Waals surface area contributed by atoms with Crippen LogP contribution in [0.25, 0.3) is 0 Å². The number of aliphatic hydroxyl groups is 2. The minimum absolute atomic E-state index is 0.134. The van der Waals surface area contributed by atoms with Crippen molar-refractivity contribution in [2.45, 2.75) is 50.0 Å². The fourth-order valence-electron chi connectivity index (χ4n) is 3.56. The maximum atomic E-state index is 12.6. The summed E-state index contributed by atoms with van der Waals surface area (Å²) in [4.78, 5) is 63.2. The van der Waals surface area contributed by atoms with Gasteiger partial charge in [-0.15, -0.1) is 0 Å². The molecular weight excluding hydrogens is 440 g/mol. The molecular formula is C18H30N8O7. The van der Waals surface area contributed by atoms with E-state index in [1.807, 2.05) is 0 Å². The SMILES string of the molecule is C[C@@H]1NC(=O)CNC(=O)[C@H](CCCNC(=N)N)NC(=O)CN2C(=O)C(NC1=O)[C@H]2[C@H](O)CO. The van der Waals surface area contributed by atoms with Gasteiger partial charge in [-0.1, -0.05) is 0 Å². The molecule has 3 saturated heterocycles. The first-order valence-electron chi connectivity index (χ1n) is 10.4. The second kappa shape index (κ2) is 11.4. The van der Waals surface area contributed by atoms with Crippen LogP contribution in [0.15, 0.2) is 0 Å². The number of amides is 5. The first-order valence-corrected chi connectivity index (χ1v) is 10.4. The van der Waals surface area contributed by atoms with Crippen LogP contribution in [0, 0.1) is 5.41 Å². The van der Waals surface area contributed by atoms with Crippen molar-refractivity contribution in [2.24, 2.45) is 5.73 Å². The highest BCUT2D eigenvalue weighted by Crippen LogP contribution is 2.23. The molecule has 0 aromatic heterocycles. The van der Waals surface area contributed by atoms with Crippen molar-refractivity contribution in [3.05, 3.63) is 0 Å². The third kappa shape index (κ3) is 6.76. The zero-order valence-electron chi connectivity index (χ0n) is 18.1. The molecule has 0 aromatic carbocycles. The number of β-lactam (4-membered cyclic amide) rings is 1. The Hall–Kier alpha value is -3.46. The van der Waals surface area contributed by atoms with E-state index in [9.17, 15) is 34.2 Å². The van der Waals surface area contributed by atoms with Crippen LogP contribution >= 0.6 is 0 Å². The summed E-state index contributed by atoms with van der Waals surface area (Å²) in [5, 5.41) is 38.8. The van der Waals surface area contributed by atoms with Crippen molar-refractivity contribution in [3.8, 4) is 0 Å². The van der Waals surface area contributed by atoms with Gasteiger partial charge in [0.2, 0.25) is 29.5 Å². The topological polar surface area (TPSA) is 239 Å². The molecule has 10 N–H and O–H groups in total. The molecule has 33 heavy (non-hydrogen) atoms. The Balaban J connectivity index is 2.21. The van der Waals surface area contributed by atoms with E-state index in [2.05, 4.69) is 26.6 Å². The molecule has 3 heterocycles. The molecule has 3 aliphatic heterocycles. The number of rotatable bonds is 6. The van der Waals surface area contributed by atoms with Crippen molar-refractivity contribution in [1.82, 2.24) is 31.5 Å². The van der Waals surface area contributed by atoms with Gasteiger partial charge in [0.15, 0.2) is 5.96 Å². The van der Waals surface area contributed by atoms with Crippen LogP contribution in [-0.4, -0.2) is 107 Å². The molecule has 5 amide bonds. The van der Waals surface area contributed by atoms with E-state index in [0.29, 0.717) is 6.42 Å². The standard InChI is InChI=1S/C18H30N8O7/c1-8-15(31)25-13-14(10(28)7-27)26(17(13)33)6-12(30)24-9(3-2-4-21-18(19)20)16(32)22-5-11(29)23-8/h8-10,13-14,27-28H,2-7H2,1H3,(H,22,32)(H,23,29)(H,24,30)(H,25,31)(H4,19,20,21)/t8-,9-,10+,13?,14+/m0/s1. The van der Waals surface area contributed by atoms with E-state index >= 15 is 0 Å². The van der Waals surface area contributed by atoms with E-state index in [1.165, 1.54) is 6.92 Å². The van der Waals surface area contributed by atoms with Gasteiger partial charge < -0.3 is 47.4 Å². The number of hydrogen-bond donors (Lipinski definition) is 9. The van der Waals surface area contributed by atoms with Gasteiger partial charge in [-0.05, 0) is 19.8 Å². The van der Waals surface area contributed by atoms with Crippen LogP contribution in [0.4, 0.5) is 0 Å². The molecule has 15 heteroatoms. The summed E-state index contributed by atoms with van der Waals surface area (Å²) in [6.45, 7) is -0.0494. The number of nitrogens with two attached hydrogens (primary N) is 1. The van der Waals surface area contributed by atoms with E-state index in [-0.39, 0.29) is 18.9 Å². The van der Waals surface area contributed by atoms with Gasteiger partial charge in [-0.2, -0.15) is 0 Å². The van der Waals surface area contributed by atoms with Crippen LogP contribution in [0.2, 0.25) is 0 Å². The predicted octanol–water partition coefficient (Wildman–Crippen LogP) is -5.58. The quantitative estimate of drug-likeness (QED) is 0.0590. The molecule has 0 aromatic rings. The first-order chi connectivity index (χ1) is 15.5. The summed E-state index contributed by atoms with van der Waals surface area (Å²) >= 11 is 0. The monoisotopic (exact) mass is 470 g/mol. The lowest BCUT2D eigenvalue weighted by Gasteiger charge is -2.48. The van der Waals surface area contributed by atoms with Crippen LogP contribution in [0.3, 0.4) is 0 Å². The highest BCUT2D eigenvalue weighted by molar-refractivity contribution is 5.99. The van der Waals surface area contributed by atoms with Crippen molar-refractivity contribution in [3.63, 3.8) is 0 Å². The van der Waals surface area contributed by atoms with Crippen molar-refractivity contribution >= 4 is 35.5 Å². The van der Waals surface area contributed by atoms with Crippen molar-refractivity contribution < 1.29 is 34.2 Å². The van der Waals surface area contributed by atoms with Gasteiger partial charge >= 0.3 is 0 Å². The summed E-state index contributed by atoms with van der Waals surface area (Å²) in [6.07, 6.45) is -0.955. The Morgan fingerprint density at radius 3 is 2.52 bits per heavy atom. The van der Waals surface area contributed by atoms with Crippen LogP contribution < -0.4 is 32.3 Å². The largest absolute Gasteiger partial charge is 0.394 e. The lowest BCUT2D eigenvalue weighted by Crippen LogP contribution is -2.76. The number of hydrogen-bond acceptors (Lipinski definition) is 8. The van der Waals surface area contributed by atoms with Gasteiger partial charge in [0, 0.05) is 6.54 Å². The molecule has 3 rings (SSSR count). The van der Waals surface area contributed by atoms with E-state index < -0.39 is 79.5 Å². The highest BCUT2D eigenvalue weighted by atomic mass is 16.3. The molecule has 15 nitrogen and oxygen atoms in total. The highest BCUT2D eigenvalue weighted by Gasteiger charge is 2.52. The Kier molecular flexibility index (Phi) is 8.93. The molecule has 3 fully saturated rings. The fourth-order valence-corrected chi connectivity index (χ4v) is 3.56. The lowest BCUT2D eigenvalue weighted by atomic mass is 9.89. The molecule has 0 radical (unpaired) electrons. The number of aliphatic hydroxyl groups excluding tert-OH is 2. The summed E-state index contributed by atoms with van der Waals surface area (Å²) in [7, 11) is 0. The summed E-state index contributed by atoms with van der Waals surface area (Å²) in [5.41, 5.74) is 5.21. The van der Waals surface area contributed by atoms with Gasteiger partial charge in [0.05, 0.1) is 25.3 Å². The van der Waals surface area contributed by atoms with Gasteiger partial charge in [0.1, 0.15) is 24.7 Å². The normalized spacial score (nSPS) is 27.6. The summed E-state index contributed by atoms with van der Waals surface area (Å²) < 4.78 is 0. The number of nitrogens with one attached hydrogen (secondary N) is 6. The molecule has 5 atom stereocenters. The number of nitrogens with zero attached hydrogens (tertiary/aromatic N) is 1. The summed E-state index contributed by atoms with van der Waals surface area (Å²) in [6, 6.07) is -4.38. The van der Waals surface area contributed by atoms with E-state index in [0.717, 1.165) is 4.90 Å². The molecule has 0 aliphatic carbocycles. The molecule has 184 valence electrons. The Bertz CT molecular complexity index is 807. The minimum Gasteiger partial charge on any atom is -0.394 e. The fraction of sp³-hybridized carbons (Fsp3) is 0.667. The molecule has 0 spiro atoms. The van der Waals surface area contributed by atoms with Crippen LogP contribution in [0.1, 0.15) is 19.8 Å². The number of carbonyl (C=O) groups is 5. The average molecular weight is 470 g/mol. The lowest BCUT2D eigenvalue weighted by molar-refractivity contribution is -0.164. The smallest absolute Gasteiger partial charge is 0.248 e. The van der Waals surface area contributed by atoms with Gasteiger partial charge in [-0.3, -0.25) is 29.4 Å². The van der Waals surface area contributed by atoms with Crippen LogP contribution in [-0.2, 0) is 24.0 Å². The molecule has 0 saturated carbocycles. The number of guanidine groups is 1. The number of fused-ring (bicyclic) bond motifs is 11. The molecule has 2 bridgehead atoms. The maximum absolute atomic E-state index is 12.6.